The van der Waals surface area contributed by atoms with Crippen molar-refractivity contribution in [3.8, 4) is 0 Å². The molecule has 0 spiro atoms. The minimum atomic E-state index is -2.00. The molecular weight excluding hydrogens is 254 g/mol. The Labute approximate surface area is 109 Å². The Morgan fingerprint density at radius 1 is 1.47 bits per heavy atom. The van der Waals surface area contributed by atoms with Gasteiger partial charge >= 0.3 is 12.0 Å². The van der Waals surface area contributed by atoms with E-state index in [1.54, 1.807) is 10.9 Å². The number of rotatable bonds is 6. The third-order valence-electron chi connectivity index (χ3n) is 2.50. The highest BCUT2D eigenvalue weighted by Crippen LogP contribution is 2.00. The second-order valence-corrected chi connectivity index (χ2v) is 4.15. The van der Waals surface area contributed by atoms with Gasteiger partial charge in [-0.1, -0.05) is 0 Å². The molecule has 0 aliphatic heterocycles. The highest BCUT2D eigenvalue weighted by atomic mass is 16.4. The number of hydrogen-bond donors (Lipinski definition) is 4. The molecule has 1 aromatic heterocycles. The molecule has 0 fully saturated rings. The lowest BCUT2D eigenvalue weighted by Gasteiger charge is -2.18. The number of hydrogen-bond acceptors (Lipinski definition) is 5. The lowest BCUT2D eigenvalue weighted by molar-refractivity contribution is -0.155. The van der Waals surface area contributed by atoms with E-state index in [0.29, 0.717) is 12.4 Å². The minimum absolute atomic E-state index is 0.162. The predicted octanol–water partition coefficient (Wildman–Crippen LogP) is -1.07. The van der Waals surface area contributed by atoms with Gasteiger partial charge in [-0.3, -0.25) is 0 Å². The van der Waals surface area contributed by atoms with Crippen LogP contribution in [0.2, 0.25) is 0 Å². The number of aliphatic carboxylic acids is 1. The fourth-order valence-corrected chi connectivity index (χ4v) is 1.23. The molecule has 4 N–H and O–H groups in total. The number of carbonyl (C=O) groups excluding carboxylic acids is 1. The summed E-state index contributed by atoms with van der Waals surface area (Å²) in [7, 11) is 0. The van der Waals surface area contributed by atoms with Crippen molar-refractivity contribution >= 4 is 12.0 Å². The zero-order chi connectivity index (χ0) is 14.5. The maximum absolute atomic E-state index is 11.4. The fraction of sp³-hybridized carbons (Fsp3) is 0.600. The Morgan fingerprint density at radius 3 is 2.74 bits per heavy atom. The molecule has 2 amide bonds. The summed E-state index contributed by atoms with van der Waals surface area (Å²) in [5, 5.41) is 30.4. The van der Waals surface area contributed by atoms with E-state index in [4.69, 9.17) is 5.11 Å². The number of aliphatic hydroxyl groups is 1. The van der Waals surface area contributed by atoms with Crippen LogP contribution >= 0.6 is 0 Å². The van der Waals surface area contributed by atoms with Gasteiger partial charge in [-0.25, -0.2) is 9.59 Å². The van der Waals surface area contributed by atoms with E-state index in [9.17, 15) is 14.7 Å². The van der Waals surface area contributed by atoms with Crippen molar-refractivity contribution in [2.24, 2.45) is 0 Å². The molecule has 0 saturated carbocycles. The third-order valence-corrected chi connectivity index (χ3v) is 2.50. The zero-order valence-corrected chi connectivity index (χ0v) is 10.8. The molecule has 1 heterocycles. The van der Waals surface area contributed by atoms with E-state index >= 15 is 0 Å². The van der Waals surface area contributed by atoms with Crippen LogP contribution in [0.15, 0.2) is 6.33 Å². The van der Waals surface area contributed by atoms with Gasteiger partial charge in [0.15, 0.2) is 11.4 Å². The average Bonchev–Trinajstić information content (AvgIpc) is 2.81. The fourth-order valence-electron chi connectivity index (χ4n) is 1.23. The van der Waals surface area contributed by atoms with Gasteiger partial charge in [0.1, 0.15) is 6.33 Å². The van der Waals surface area contributed by atoms with Crippen LogP contribution in [0.4, 0.5) is 4.79 Å². The van der Waals surface area contributed by atoms with Crippen LogP contribution in [-0.4, -0.2) is 49.1 Å². The molecule has 0 bridgehead atoms. The maximum atomic E-state index is 11.4. The van der Waals surface area contributed by atoms with Gasteiger partial charge in [-0.15, -0.1) is 10.2 Å². The first-order valence-electron chi connectivity index (χ1n) is 5.71. The van der Waals surface area contributed by atoms with E-state index in [-0.39, 0.29) is 6.54 Å². The van der Waals surface area contributed by atoms with Crippen LogP contribution in [0, 0.1) is 0 Å². The number of carboxylic acid groups (broad SMARTS) is 1. The first kappa shape index (κ1) is 14.9. The topological polar surface area (TPSA) is 129 Å². The molecular formula is C10H17N5O4. The molecule has 1 atom stereocenters. The largest absolute Gasteiger partial charge is 0.479 e. The third kappa shape index (κ3) is 4.21. The minimum Gasteiger partial charge on any atom is -0.479 e. The summed E-state index contributed by atoms with van der Waals surface area (Å²) < 4.78 is 1.76. The average molecular weight is 271 g/mol. The summed E-state index contributed by atoms with van der Waals surface area (Å²) in [5.41, 5.74) is -2.00. The van der Waals surface area contributed by atoms with Crippen molar-refractivity contribution in [2.75, 3.05) is 6.54 Å². The zero-order valence-electron chi connectivity index (χ0n) is 10.8. The van der Waals surface area contributed by atoms with Crippen molar-refractivity contribution in [3.63, 3.8) is 0 Å². The summed E-state index contributed by atoms with van der Waals surface area (Å²) in [4.78, 5) is 22.0. The van der Waals surface area contributed by atoms with Gasteiger partial charge in [0.25, 0.3) is 0 Å². The molecule has 0 aromatic carbocycles. The van der Waals surface area contributed by atoms with Crippen LogP contribution in [0.3, 0.4) is 0 Å². The Morgan fingerprint density at radius 2 is 2.16 bits per heavy atom. The van der Waals surface area contributed by atoms with Crippen LogP contribution in [0.25, 0.3) is 0 Å². The first-order valence-corrected chi connectivity index (χ1v) is 5.71. The summed E-state index contributed by atoms with van der Waals surface area (Å²) in [6.45, 7) is 3.46. The number of nitrogens with zero attached hydrogens (tertiary/aromatic N) is 3. The lowest BCUT2D eigenvalue weighted by atomic mass is 10.1. The number of carboxylic acids is 1. The summed E-state index contributed by atoms with van der Waals surface area (Å²) in [6.07, 6.45) is 1.55. The van der Waals surface area contributed by atoms with Gasteiger partial charge in [0.2, 0.25) is 0 Å². The second-order valence-electron chi connectivity index (χ2n) is 4.15. The van der Waals surface area contributed by atoms with Crippen molar-refractivity contribution in [1.29, 1.82) is 0 Å². The van der Waals surface area contributed by atoms with Crippen LogP contribution in [0.5, 0.6) is 0 Å². The van der Waals surface area contributed by atoms with E-state index in [2.05, 4.69) is 20.8 Å². The van der Waals surface area contributed by atoms with Crippen molar-refractivity contribution in [3.05, 3.63) is 12.2 Å². The number of amides is 2. The summed E-state index contributed by atoms with van der Waals surface area (Å²) in [6, 6.07) is -0.591. The van der Waals surface area contributed by atoms with Crippen LogP contribution in [-0.2, 0) is 17.9 Å². The molecule has 0 radical (unpaired) electrons. The quantitative estimate of drug-likeness (QED) is 0.521. The first-order chi connectivity index (χ1) is 8.86. The Bertz CT molecular complexity index is 457. The van der Waals surface area contributed by atoms with Gasteiger partial charge < -0.3 is 25.4 Å². The van der Waals surface area contributed by atoms with Gasteiger partial charge in [-0.05, 0) is 13.8 Å². The van der Waals surface area contributed by atoms with Crippen molar-refractivity contribution in [1.82, 2.24) is 25.4 Å². The highest BCUT2D eigenvalue weighted by Gasteiger charge is 2.30. The van der Waals surface area contributed by atoms with E-state index in [0.717, 1.165) is 6.92 Å². The number of urea groups is 1. The Hall–Kier alpha value is -2.16. The van der Waals surface area contributed by atoms with Crippen molar-refractivity contribution in [2.45, 2.75) is 32.5 Å². The van der Waals surface area contributed by atoms with Gasteiger partial charge in [0.05, 0.1) is 13.1 Å². The number of nitrogens with one attached hydrogen (secondary N) is 2. The SMILES string of the molecule is CCn1cnnc1CNC(=O)NCC(C)(O)C(=O)O. The standard InChI is InChI=1S/C10H17N5O4/c1-3-15-6-13-14-7(15)4-11-9(18)12-5-10(2,19)8(16)17/h6,19H,3-5H2,1-2H3,(H,16,17)(H2,11,12,18). The van der Waals surface area contributed by atoms with Crippen molar-refractivity contribution < 1.29 is 19.8 Å². The monoisotopic (exact) mass is 271 g/mol. The molecule has 1 aromatic rings. The number of aryl methyl sites for hydroxylation is 1. The van der Waals surface area contributed by atoms with E-state index < -0.39 is 24.1 Å². The predicted molar refractivity (Wildman–Crippen MR) is 64.2 cm³/mol. The smallest absolute Gasteiger partial charge is 0.337 e. The molecule has 0 aliphatic rings. The van der Waals surface area contributed by atoms with E-state index in [1.165, 1.54) is 0 Å². The molecule has 19 heavy (non-hydrogen) atoms. The second kappa shape index (κ2) is 6.14. The molecule has 9 nitrogen and oxygen atoms in total. The Balaban J connectivity index is 2.39. The summed E-state index contributed by atoms with van der Waals surface area (Å²) >= 11 is 0. The molecule has 1 unspecified atom stereocenters. The van der Waals surface area contributed by atoms with Crippen LogP contribution in [0.1, 0.15) is 19.7 Å². The lowest BCUT2D eigenvalue weighted by Crippen LogP contribution is -2.49. The normalized spacial score (nSPS) is 13.6. The molecule has 106 valence electrons. The molecule has 0 aliphatic carbocycles. The molecule has 9 heteroatoms. The number of aromatic nitrogens is 3. The summed E-state index contributed by atoms with van der Waals surface area (Å²) in [5.74, 6) is -0.818. The Kier molecular flexibility index (Phi) is 4.81. The number of carbonyl (C=O) groups is 2. The molecule has 0 saturated heterocycles. The van der Waals surface area contributed by atoms with Gasteiger partial charge in [-0.2, -0.15) is 0 Å². The maximum Gasteiger partial charge on any atom is 0.337 e. The van der Waals surface area contributed by atoms with Gasteiger partial charge in [0, 0.05) is 6.54 Å². The highest BCUT2D eigenvalue weighted by molar-refractivity contribution is 5.79. The van der Waals surface area contributed by atoms with Crippen LogP contribution < -0.4 is 10.6 Å². The molecule has 1 rings (SSSR count). The van der Waals surface area contributed by atoms with E-state index in [1.807, 2.05) is 6.92 Å².